The van der Waals surface area contributed by atoms with Crippen molar-refractivity contribution in [2.75, 3.05) is 54.1 Å². The maximum absolute atomic E-state index is 12.2. The fraction of sp³-hybridized carbons (Fsp3) is 0.619. The molecule has 168 valence electrons. The van der Waals surface area contributed by atoms with Crippen molar-refractivity contribution in [1.29, 1.82) is 0 Å². The zero-order valence-corrected chi connectivity index (χ0v) is 18.9. The number of methoxy groups -OCH3 is 3. The quantitative estimate of drug-likeness (QED) is 0.433. The van der Waals surface area contributed by atoms with Crippen LogP contribution in [0.1, 0.15) is 26.3 Å². The molecule has 0 aliphatic carbocycles. The lowest BCUT2D eigenvalue weighted by molar-refractivity contribution is -1.02. The predicted molar refractivity (Wildman–Crippen MR) is 112 cm³/mol. The lowest BCUT2D eigenvalue weighted by atomic mass is 10.1. The number of hydrogen-bond acceptors (Lipinski definition) is 5. The number of urea groups is 1. The summed E-state index contributed by atoms with van der Waals surface area (Å²) in [4.78, 5) is 26.6. The first kappa shape index (κ1) is 23.8. The van der Waals surface area contributed by atoms with Crippen LogP contribution in [0.4, 0.5) is 4.79 Å². The van der Waals surface area contributed by atoms with Gasteiger partial charge in [-0.3, -0.25) is 10.1 Å². The van der Waals surface area contributed by atoms with E-state index in [1.54, 1.807) is 21.3 Å². The average Bonchev–Trinajstić information content (AvgIpc) is 2.67. The third-order valence-corrected chi connectivity index (χ3v) is 5.04. The van der Waals surface area contributed by atoms with Gasteiger partial charge < -0.3 is 29.3 Å². The molecular weight excluding hydrogens is 388 g/mol. The molecule has 1 aromatic rings. The summed E-state index contributed by atoms with van der Waals surface area (Å²) in [6.45, 7) is 10.3. The Kier molecular flexibility index (Phi) is 8.31. The number of nitrogens with one attached hydrogen (secondary N) is 4. The van der Waals surface area contributed by atoms with Gasteiger partial charge >= 0.3 is 6.03 Å². The molecule has 9 nitrogen and oxygen atoms in total. The number of benzene rings is 1. The Balaban J connectivity index is 1.86. The van der Waals surface area contributed by atoms with E-state index >= 15 is 0 Å². The van der Waals surface area contributed by atoms with Crippen molar-refractivity contribution in [1.82, 2.24) is 10.6 Å². The van der Waals surface area contributed by atoms with Gasteiger partial charge in [0.15, 0.2) is 18.0 Å². The van der Waals surface area contributed by atoms with E-state index in [4.69, 9.17) is 14.2 Å². The third-order valence-electron chi connectivity index (χ3n) is 5.04. The molecule has 30 heavy (non-hydrogen) atoms. The molecule has 1 heterocycles. The van der Waals surface area contributed by atoms with E-state index < -0.39 is 6.03 Å². The molecule has 0 radical (unpaired) electrons. The van der Waals surface area contributed by atoms with Crippen LogP contribution in [-0.4, -0.2) is 71.5 Å². The molecule has 1 aliphatic rings. The summed E-state index contributed by atoms with van der Waals surface area (Å²) in [7, 11) is 4.84. The zero-order chi connectivity index (χ0) is 22.3. The second-order valence-corrected chi connectivity index (χ2v) is 8.60. The van der Waals surface area contributed by atoms with Gasteiger partial charge in [-0.15, -0.1) is 0 Å². The number of carbonyl (C=O) groups excluding carboxylic acids is 2. The number of hydrogen-bond donors (Lipinski definition) is 4. The van der Waals surface area contributed by atoms with Crippen molar-refractivity contribution >= 4 is 11.9 Å². The first-order valence-electron chi connectivity index (χ1n) is 10.2. The van der Waals surface area contributed by atoms with Crippen LogP contribution in [0.25, 0.3) is 0 Å². The van der Waals surface area contributed by atoms with Gasteiger partial charge in [-0.25, -0.2) is 4.79 Å². The van der Waals surface area contributed by atoms with E-state index in [9.17, 15) is 9.59 Å². The molecule has 1 aliphatic heterocycles. The molecule has 0 atom stereocenters. The number of amides is 3. The Morgan fingerprint density at radius 3 is 2.07 bits per heavy atom. The molecule has 1 fully saturated rings. The van der Waals surface area contributed by atoms with Crippen molar-refractivity contribution in [3.8, 4) is 17.2 Å². The van der Waals surface area contributed by atoms with Crippen molar-refractivity contribution in [2.45, 2.75) is 32.9 Å². The first-order chi connectivity index (χ1) is 14.2. The predicted octanol–water partition coefficient (Wildman–Crippen LogP) is -1.38. The van der Waals surface area contributed by atoms with Crippen LogP contribution in [0.3, 0.4) is 0 Å². The summed E-state index contributed by atoms with van der Waals surface area (Å²) in [5, 5.41) is 5.15. The van der Waals surface area contributed by atoms with Crippen LogP contribution < -0.4 is 34.6 Å². The highest BCUT2D eigenvalue weighted by atomic mass is 16.5. The molecule has 3 amide bonds. The molecule has 4 N–H and O–H groups in total. The first-order valence-corrected chi connectivity index (χ1v) is 10.2. The van der Waals surface area contributed by atoms with Gasteiger partial charge in [-0.2, -0.15) is 0 Å². The lowest BCUT2D eigenvalue weighted by Crippen LogP contribution is -3.28. The van der Waals surface area contributed by atoms with Gasteiger partial charge in [0.1, 0.15) is 32.7 Å². The Labute approximate surface area is 178 Å². The van der Waals surface area contributed by atoms with E-state index in [1.807, 2.05) is 32.9 Å². The van der Waals surface area contributed by atoms with E-state index in [2.05, 4.69) is 10.6 Å². The zero-order valence-electron chi connectivity index (χ0n) is 18.9. The molecule has 1 saturated heterocycles. The Hall–Kier alpha value is -2.52. The largest absolute Gasteiger partial charge is 0.493 e. The van der Waals surface area contributed by atoms with Gasteiger partial charge in [-0.1, -0.05) is 0 Å². The molecule has 0 unspecified atom stereocenters. The summed E-state index contributed by atoms with van der Waals surface area (Å²) < 4.78 is 16.4. The number of carbonyl (C=O) groups is 2. The summed E-state index contributed by atoms with van der Waals surface area (Å²) in [5.74, 6) is 1.69. The fourth-order valence-corrected chi connectivity index (χ4v) is 3.65. The van der Waals surface area contributed by atoms with Crippen LogP contribution in [0, 0.1) is 0 Å². The highest BCUT2D eigenvalue weighted by molar-refractivity contribution is 5.94. The van der Waals surface area contributed by atoms with E-state index in [0.29, 0.717) is 23.8 Å². The van der Waals surface area contributed by atoms with E-state index in [0.717, 1.165) is 38.3 Å². The second-order valence-electron chi connectivity index (χ2n) is 8.60. The summed E-state index contributed by atoms with van der Waals surface area (Å²) in [6, 6.07) is 3.45. The highest BCUT2D eigenvalue weighted by Crippen LogP contribution is 2.39. The van der Waals surface area contributed by atoms with Gasteiger partial charge in [0, 0.05) is 5.54 Å². The molecule has 0 bridgehead atoms. The number of rotatable bonds is 7. The molecule has 0 saturated carbocycles. The average molecular weight is 425 g/mol. The monoisotopic (exact) mass is 424 g/mol. The van der Waals surface area contributed by atoms with Crippen molar-refractivity contribution in [3.05, 3.63) is 17.7 Å². The van der Waals surface area contributed by atoms with Crippen LogP contribution in [0.15, 0.2) is 12.1 Å². The summed E-state index contributed by atoms with van der Waals surface area (Å²) in [5.41, 5.74) is 0.683. The fourth-order valence-electron chi connectivity index (χ4n) is 3.65. The number of ether oxygens (including phenoxy) is 3. The third kappa shape index (κ3) is 6.77. The minimum Gasteiger partial charge on any atom is -0.493 e. The molecule has 0 aromatic heterocycles. The summed E-state index contributed by atoms with van der Waals surface area (Å²) in [6.07, 6.45) is 0. The number of quaternary nitrogens is 2. The maximum Gasteiger partial charge on any atom is 0.322 e. The Morgan fingerprint density at radius 2 is 1.53 bits per heavy atom. The lowest BCUT2D eigenvalue weighted by Gasteiger charge is -2.30. The van der Waals surface area contributed by atoms with Gasteiger partial charge in [-0.05, 0) is 32.9 Å². The maximum atomic E-state index is 12.2. The van der Waals surface area contributed by atoms with Crippen molar-refractivity contribution < 1.29 is 33.6 Å². The van der Waals surface area contributed by atoms with Gasteiger partial charge in [0.05, 0.1) is 26.9 Å². The van der Waals surface area contributed by atoms with Crippen LogP contribution >= 0.6 is 0 Å². The molecule has 2 rings (SSSR count). The molecule has 0 spiro atoms. The molecule has 9 heteroatoms. The van der Waals surface area contributed by atoms with Gasteiger partial charge in [0.2, 0.25) is 5.75 Å². The Bertz CT molecular complexity index is 740. The van der Waals surface area contributed by atoms with Crippen molar-refractivity contribution in [2.24, 2.45) is 0 Å². The second kappa shape index (κ2) is 10.5. The number of piperazine rings is 1. The van der Waals surface area contributed by atoms with E-state index in [1.165, 1.54) is 9.80 Å². The van der Waals surface area contributed by atoms with Crippen LogP contribution in [0.2, 0.25) is 0 Å². The normalized spacial score (nSPS) is 19.0. The topological polar surface area (TPSA) is 94.8 Å². The van der Waals surface area contributed by atoms with E-state index in [-0.39, 0.29) is 11.4 Å². The van der Waals surface area contributed by atoms with Crippen molar-refractivity contribution in [3.63, 3.8) is 0 Å². The highest BCUT2D eigenvalue weighted by Gasteiger charge is 2.27. The minimum absolute atomic E-state index is 0.253. The molecular formula is C21H36N4O5+2. The van der Waals surface area contributed by atoms with Crippen LogP contribution in [-0.2, 0) is 11.3 Å². The minimum atomic E-state index is -0.447. The van der Waals surface area contributed by atoms with Gasteiger partial charge in [0.25, 0.3) is 5.91 Å². The SMILES string of the molecule is COc1ccc(C[NH+]2CC[NH+](CC(=O)NC(=O)NC(C)(C)C)CC2)c(OC)c1OC. The summed E-state index contributed by atoms with van der Waals surface area (Å²) >= 11 is 0. The number of imide groups is 1. The smallest absolute Gasteiger partial charge is 0.322 e. The molecule has 1 aromatic carbocycles. The standard InChI is InChI=1S/C21H34N4O5/c1-21(2,3)23-20(27)22-17(26)14-25-11-9-24(10-12-25)13-15-7-8-16(28-4)19(30-6)18(15)29-5/h7-8H,9-14H2,1-6H3,(H2,22,23,26,27)/p+2. The Morgan fingerprint density at radius 1 is 0.933 bits per heavy atom. The van der Waals surface area contributed by atoms with Crippen LogP contribution in [0.5, 0.6) is 17.2 Å².